The molecule has 1 fully saturated rings. The van der Waals surface area contributed by atoms with Gasteiger partial charge in [-0.3, -0.25) is 0 Å². The average Bonchev–Trinajstić information content (AvgIpc) is 3.45. The SMILES string of the molecule is CNCc1cc(OC)c(OC)c2c1[C@H]1COc3cc(O[C@H]4O[C@](CNC)(C(=O)O)[C@@H](O)[C@H](O)[C@H]4O)cc(-c4cccc(O)c4)c3[C@@H]1O2. The Morgan fingerprint density at radius 2 is 1.81 bits per heavy atom. The number of carboxylic acids is 1. The van der Waals surface area contributed by atoms with E-state index in [2.05, 4.69) is 10.6 Å². The third-order valence-corrected chi connectivity index (χ3v) is 8.88. The van der Waals surface area contributed by atoms with Gasteiger partial charge in [-0.1, -0.05) is 12.1 Å². The summed E-state index contributed by atoms with van der Waals surface area (Å²) in [5.41, 5.74) is 1.34. The van der Waals surface area contributed by atoms with Crippen molar-refractivity contribution in [1.29, 1.82) is 0 Å². The molecule has 0 spiro atoms. The number of ether oxygens (including phenoxy) is 6. The zero-order valence-corrected chi connectivity index (χ0v) is 26.2. The lowest BCUT2D eigenvalue weighted by molar-refractivity contribution is -0.305. The minimum absolute atomic E-state index is 0.00985. The number of hydrogen-bond donors (Lipinski definition) is 7. The van der Waals surface area contributed by atoms with Crippen molar-refractivity contribution in [2.75, 3.05) is 41.5 Å². The number of aliphatic hydroxyl groups excluding tert-OH is 3. The number of phenols is 1. The number of fused-ring (bicyclic) bond motifs is 5. The predicted molar refractivity (Wildman–Crippen MR) is 165 cm³/mol. The zero-order chi connectivity index (χ0) is 33.6. The zero-order valence-electron chi connectivity index (χ0n) is 26.2. The topological polar surface area (TPSA) is 198 Å². The number of aliphatic hydroxyl groups is 3. The molecule has 3 aromatic carbocycles. The molecule has 252 valence electrons. The molecule has 14 nitrogen and oxygen atoms in total. The van der Waals surface area contributed by atoms with E-state index in [1.54, 1.807) is 44.6 Å². The summed E-state index contributed by atoms with van der Waals surface area (Å²) in [4.78, 5) is 12.3. The van der Waals surface area contributed by atoms with Crippen molar-refractivity contribution in [2.24, 2.45) is 0 Å². The molecule has 1 saturated heterocycles. The van der Waals surface area contributed by atoms with Gasteiger partial charge in [0.1, 0.15) is 41.7 Å². The number of carbonyl (C=O) groups is 1. The smallest absolute Gasteiger partial charge is 0.340 e. The number of carboxylic acid groups (broad SMARTS) is 1. The molecular formula is C33H38N2O12. The number of methoxy groups -OCH3 is 2. The summed E-state index contributed by atoms with van der Waals surface area (Å²) in [6.45, 7) is 0.362. The van der Waals surface area contributed by atoms with Crippen LogP contribution in [0.2, 0.25) is 0 Å². The van der Waals surface area contributed by atoms with Crippen molar-refractivity contribution in [3.63, 3.8) is 0 Å². The van der Waals surface area contributed by atoms with Crippen LogP contribution in [0.4, 0.5) is 0 Å². The molecule has 7 N–H and O–H groups in total. The summed E-state index contributed by atoms with van der Waals surface area (Å²) in [6, 6.07) is 11.7. The first-order chi connectivity index (χ1) is 22.6. The lowest BCUT2D eigenvalue weighted by Crippen LogP contribution is -2.71. The Kier molecular flexibility index (Phi) is 8.82. The molecule has 0 aliphatic carbocycles. The Morgan fingerprint density at radius 1 is 1.02 bits per heavy atom. The number of rotatable bonds is 10. The molecule has 0 amide bonds. The van der Waals surface area contributed by atoms with Gasteiger partial charge in [-0.05, 0) is 55.1 Å². The van der Waals surface area contributed by atoms with Crippen molar-refractivity contribution in [1.82, 2.24) is 10.6 Å². The number of nitrogens with one attached hydrogen (secondary N) is 2. The van der Waals surface area contributed by atoms with Crippen LogP contribution < -0.4 is 34.3 Å². The maximum Gasteiger partial charge on any atom is 0.340 e. The molecule has 3 aliphatic heterocycles. The second kappa shape index (κ2) is 12.7. The first-order valence-electron chi connectivity index (χ1n) is 15.0. The van der Waals surface area contributed by atoms with Gasteiger partial charge in [0.2, 0.25) is 17.6 Å². The minimum atomic E-state index is -2.32. The summed E-state index contributed by atoms with van der Waals surface area (Å²) in [6.07, 6.45) is -7.92. The van der Waals surface area contributed by atoms with Gasteiger partial charge in [-0.25, -0.2) is 4.79 Å². The van der Waals surface area contributed by atoms with Gasteiger partial charge < -0.3 is 64.6 Å². The highest BCUT2D eigenvalue weighted by atomic mass is 16.7. The third kappa shape index (κ3) is 5.36. The minimum Gasteiger partial charge on any atom is -0.508 e. The van der Waals surface area contributed by atoms with E-state index in [1.165, 1.54) is 13.1 Å². The number of hydrogen-bond acceptors (Lipinski definition) is 13. The fourth-order valence-electron chi connectivity index (χ4n) is 6.71. The van der Waals surface area contributed by atoms with Crippen LogP contribution in [0.1, 0.15) is 28.7 Å². The van der Waals surface area contributed by atoms with Crippen molar-refractivity contribution in [3.05, 3.63) is 59.2 Å². The van der Waals surface area contributed by atoms with Gasteiger partial charge in [0.25, 0.3) is 0 Å². The highest BCUT2D eigenvalue weighted by Gasteiger charge is 2.59. The molecule has 14 heteroatoms. The molecule has 47 heavy (non-hydrogen) atoms. The maximum atomic E-state index is 12.3. The number of phenolic OH excluding ortho intramolecular Hbond substituents is 1. The lowest BCUT2D eigenvalue weighted by Gasteiger charge is -2.45. The maximum absolute atomic E-state index is 12.3. The van der Waals surface area contributed by atoms with E-state index in [1.807, 2.05) is 13.1 Å². The van der Waals surface area contributed by atoms with Crippen LogP contribution in [0, 0.1) is 0 Å². The first-order valence-corrected chi connectivity index (χ1v) is 15.0. The predicted octanol–water partition coefficient (Wildman–Crippen LogP) is 1.27. The Bertz CT molecular complexity index is 1670. The average molecular weight is 655 g/mol. The molecule has 7 atom stereocenters. The van der Waals surface area contributed by atoms with E-state index in [0.717, 1.165) is 11.1 Å². The van der Waals surface area contributed by atoms with Crippen LogP contribution >= 0.6 is 0 Å². The number of benzene rings is 3. The number of aliphatic carboxylic acids is 1. The summed E-state index contributed by atoms with van der Waals surface area (Å²) in [7, 11) is 6.40. The molecule has 0 aromatic heterocycles. The van der Waals surface area contributed by atoms with E-state index in [9.17, 15) is 30.3 Å². The van der Waals surface area contributed by atoms with Crippen molar-refractivity contribution >= 4 is 5.97 Å². The van der Waals surface area contributed by atoms with Crippen LogP contribution in [0.25, 0.3) is 11.1 Å². The Labute approximate surface area is 270 Å². The summed E-state index contributed by atoms with van der Waals surface area (Å²) < 4.78 is 36.1. The molecular weight excluding hydrogens is 616 g/mol. The summed E-state index contributed by atoms with van der Waals surface area (Å²) in [5.74, 6) is 0.182. The monoisotopic (exact) mass is 654 g/mol. The van der Waals surface area contributed by atoms with Gasteiger partial charge >= 0.3 is 5.97 Å². The fourth-order valence-corrected chi connectivity index (χ4v) is 6.71. The first kappa shape index (κ1) is 32.6. The molecule has 6 rings (SSSR count). The van der Waals surface area contributed by atoms with E-state index >= 15 is 0 Å². The van der Waals surface area contributed by atoms with Crippen molar-refractivity contribution < 1.29 is 58.7 Å². The van der Waals surface area contributed by atoms with Gasteiger partial charge in [-0.2, -0.15) is 0 Å². The molecule has 0 saturated carbocycles. The highest BCUT2D eigenvalue weighted by molar-refractivity contribution is 5.79. The lowest BCUT2D eigenvalue weighted by atomic mass is 9.83. The molecule has 3 aliphatic rings. The van der Waals surface area contributed by atoms with E-state index in [-0.39, 0.29) is 30.6 Å². The van der Waals surface area contributed by atoms with E-state index in [0.29, 0.717) is 46.2 Å². The second-order valence-electron chi connectivity index (χ2n) is 11.7. The van der Waals surface area contributed by atoms with E-state index in [4.69, 9.17) is 28.4 Å². The van der Waals surface area contributed by atoms with Crippen LogP contribution in [0.5, 0.6) is 34.5 Å². The van der Waals surface area contributed by atoms with E-state index < -0.39 is 42.3 Å². The standard InChI is InChI=1S/C33H38N2O12/c1-34-12-16-9-22(42-3)28(43-4)29-23(16)20-13-44-21-11-18(10-19(24(21)27(20)46-29)15-6-5-7-17(36)8-15)45-31-26(38)25(37)30(39)33(47-31,14-35-2)32(40)41/h5-11,20,25-27,30-31,34-39H,12-14H2,1-4H3,(H,40,41)/t20-,25-,26-,27-,30+,31+,33+/m1/s1. The molecule has 3 heterocycles. The Hall–Kier alpha value is -4.31. The summed E-state index contributed by atoms with van der Waals surface area (Å²) in [5, 5.41) is 58.3. The van der Waals surface area contributed by atoms with Crippen LogP contribution in [0.15, 0.2) is 42.5 Å². The molecule has 3 aromatic rings. The molecule has 0 unspecified atom stereocenters. The van der Waals surface area contributed by atoms with Crippen LogP contribution in [0.3, 0.4) is 0 Å². The third-order valence-electron chi connectivity index (χ3n) is 8.88. The largest absolute Gasteiger partial charge is 0.508 e. The normalized spacial score (nSPS) is 27.5. The van der Waals surface area contributed by atoms with Gasteiger partial charge in [0.15, 0.2) is 11.5 Å². The number of aromatic hydroxyl groups is 1. The van der Waals surface area contributed by atoms with Crippen molar-refractivity contribution in [3.8, 4) is 45.6 Å². The number of likely N-dealkylation sites (N-methyl/N-ethyl adjacent to an activating group) is 1. The van der Waals surface area contributed by atoms with Gasteiger partial charge in [0, 0.05) is 30.3 Å². The van der Waals surface area contributed by atoms with Crippen LogP contribution in [-0.4, -0.2) is 103 Å². The van der Waals surface area contributed by atoms with Crippen molar-refractivity contribution in [2.45, 2.75) is 48.8 Å². The molecule has 0 bridgehead atoms. The quantitative estimate of drug-likeness (QED) is 0.165. The Balaban J connectivity index is 1.46. The summed E-state index contributed by atoms with van der Waals surface area (Å²) >= 11 is 0. The highest BCUT2D eigenvalue weighted by Crippen LogP contribution is 2.59. The van der Waals surface area contributed by atoms with Crippen LogP contribution in [-0.2, 0) is 16.1 Å². The van der Waals surface area contributed by atoms with Gasteiger partial charge in [0.05, 0.1) is 26.7 Å². The fraction of sp³-hybridized carbons (Fsp3) is 0.424. The van der Waals surface area contributed by atoms with Gasteiger partial charge in [-0.15, -0.1) is 0 Å². The molecule has 0 radical (unpaired) electrons. The second-order valence-corrected chi connectivity index (χ2v) is 11.7. The Morgan fingerprint density at radius 3 is 2.47 bits per heavy atom.